The van der Waals surface area contributed by atoms with E-state index in [0.717, 1.165) is 10.0 Å². The second-order valence-electron chi connectivity index (χ2n) is 4.99. The minimum absolute atomic E-state index is 0.113. The smallest absolute Gasteiger partial charge is 0.262 e. The molecule has 0 aliphatic rings. The molecule has 21 heavy (non-hydrogen) atoms. The molecule has 0 aliphatic carbocycles. The topological polar surface area (TPSA) is 46.2 Å². The Hall–Kier alpha value is -1.40. The fourth-order valence-corrected chi connectivity index (χ4v) is 4.43. The zero-order valence-corrected chi connectivity index (χ0v) is 14.3. The van der Waals surface area contributed by atoms with Crippen molar-refractivity contribution in [2.45, 2.75) is 25.7 Å². The monoisotopic (exact) mass is 371 g/mol. The van der Waals surface area contributed by atoms with Crippen LogP contribution in [0.1, 0.15) is 16.7 Å². The van der Waals surface area contributed by atoms with E-state index < -0.39 is 15.8 Å². The minimum Gasteiger partial charge on any atom is -0.280 e. The highest BCUT2D eigenvalue weighted by atomic mass is 79.9. The van der Waals surface area contributed by atoms with Gasteiger partial charge in [0.2, 0.25) is 0 Å². The molecular formula is C15H15BrFNO2S. The van der Waals surface area contributed by atoms with Crippen LogP contribution < -0.4 is 4.72 Å². The van der Waals surface area contributed by atoms with Crippen LogP contribution in [0.5, 0.6) is 0 Å². The Morgan fingerprint density at radius 1 is 1.00 bits per heavy atom. The van der Waals surface area contributed by atoms with Gasteiger partial charge in [0.05, 0.1) is 10.6 Å². The molecule has 0 fully saturated rings. The average Bonchev–Trinajstić information content (AvgIpc) is 2.23. The molecule has 3 nitrogen and oxygen atoms in total. The number of anilines is 1. The van der Waals surface area contributed by atoms with Gasteiger partial charge in [0.15, 0.2) is 0 Å². The lowest BCUT2D eigenvalue weighted by molar-refractivity contribution is 0.597. The lowest BCUT2D eigenvalue weighted by Gasteiger charge is -2.13. The zero-order chi connectivity index (χ0) is 15.8. The number of rotatable bonds is 3. The fourth-order valence-electron chi connectivity index (χ4n) is 2.32. The second-order valence-corrected chi connectivity index (χ2v) is 7.53. The van der Waals surface area contributed by atoms with Crippen LogP contribution >= 0.6 is 15.9 Å². The van der Waals surface area contributed by atoms with E-state index >= 15 is 0 Å². The number of sulfonamides is 1. The van der Waals surface area contributed by atoms with Crippen LogP contribution in [-0.4, -0.2) is 8.42 Å². The molecule has 2 aromatic carbocycles. The Bertz CT molecular complexity index is 760. The number of aryl methyl sites for hydroxylation is 3. The van der Waals surface area contributed by atoms with Crippen molar-refractivity contribution in [2.24, 2.45) is 0 Å². The fraction of sp³-hybridized carbons (Fsp3) is 0.200. The Balaban J connectivity index is 2.48. The van der Waals surface area contributed by atoms with Gasteiger partial charge in [-0.1, -0.05) is 15.9 Å². The predicted octanol–water partition coefficient (Wildman–Crippen LogP) is 4.31. The molecule has 0 aliphatic heterocycles. The van der Waals surface area contributed by atoms with E-state index in [1.54, 1.807) is 26.0 Å². The highest BCUT2D eigenvalue weighted by Gasteiger charge is 2.20. The van der Waals surface area contributed by atoms with Crippen molar-refractivity contribution in [1.29, 1.82) is 0 Å². The molecular weight excluding hydrogens is 357 g/mol. The van der Waals surface area contributed by atoms with Crippen LogP contribution in [0.15, 0.2) is 39.7 Å². The molecule has 1 N–H and O–H groups in total. The first kappa shape index (κ1) is 16.0. The molecule has 0 spiro atoms. The summed E-state index contributed by atoms with van der Waals surface area (Å²) in [4.78, 5) is 0.113. The molecule has 2 aromatic rings. The molecule has 0 atom stereocenters. The van der Waals surface area contributed by atoms with Gasteiger partial charge in [0.1, 0.15) is 5.82 Å². The summed E-state index contributed by atoms with van der Waals surface area (Å²) in [5.74, 6) is -0.442. The third-order valence-electron chi connectivity index (χ3n) is 2.99. The van der Waals surface area contributed by atoms with Crippen LogP contribution in [0.3, 0.4) is 0 Å². The van der Waals surface area contributed by atoms with E-state index in [1.807, 2.05) is 13.0 Å². The van der Waals surface area contributed by atoms with Crippen molar-refractivity contribution >= 4 is 31.6 Å². The van der Waals surface area contributed by atoms with Crippen molar-refractivity contribution in [1.82, 2.24) is 0 Å². The molecule has 112 valence electrons. The third-order valence-corrected chi connectivity index (χ3v) is 5.13. The highest BCUT2D eigenvalue weighted by molar-refractivity contribution is 9.10. The molecule has 0 saturated heterocycles. The van der Waals surface area contributed by atoms with Crippen LogP contribution in [0.2, 0.25) is 0 Å². The summed E-state index contributed by atoms with van der Waals surface area (Å²) in [6, 6.07) is 7.73. The van der Waals surface area contributed by atoms with Crippen LogP contribution in [0.25, 0.3) is 0 Å². The lowest BCUT2D eigenvalue weighted by atomic mass is 10.1. The lowest BCUT2D eigenvalue weighted by Crippen LogP contribution is -2.16. The first-order valence-electron chi connectivity index (χ1n) is 6.26. The molecule has 0 heterocycles. The van der Waals surface area contributed by atoms with E-state index in [9.17, 15) is 12.8 Å². The Kier molecular flexibility index (Phi) is 4.39. The maximum Gasteiger partial charge on any atom is 0.262 e. The van der Waals surface area contributed by atoms with Gasteiger partial charge in [0, 0.05) is 4.47 Å². The summed E-state index contributed by atoms with van der Waals surface area (Å²) in [5.41, 5.74) is 2.15. The van der Waals surface area contributed by atoms with Gasteiger partial charge in [-0.15, -0.1) is 0 Å². The number of hydrogen-bond donors (Lipinski definition) is 1. The van der Waals surface area contributed by atoms with Gasteiger partial charge >= 0.3 is 0 Å². The minimum atomic E-state index is -3.76. The molecule has 0 saturated carbocycles. The third kappa shape index (κ3) is 3.63. The Morgan fingerprint density at radius 2 is 1.57 bits per heavy atom. The molecule has 2 rings (SSSR count). The van der Waals surface area contributed by atoms with Gasteiger partial charge in [-0.25, -0.2) is 12.8 Å². The number of halogens is 2. The molecule has 0 amide bonds. The maximum atomic E-state index is 13.3. The number of hydrogen-bond acceptors (Lipinski definition) is 2. The standard InChI is InChI=1S/C15H15BrFNO2S/c1-9-4-12(16)8-14(5-9)18-21(19,20)15-10(2)6-13(17)7-11(15)3/h4-8,18H,1-3H3. The van der Waals surface area contributed by atoms with Gasteiger partial charge < -0.3 is 0 Å². The maximum absolute atomic E-state index is 13.3. The van der Waals surface area contributed by atoms with E-state index in [1.165, 1.54) is 12.1 Å². The summed E-state index contributed by atoms with van der Waals surface area (Å²) in [6.45, 7) is 5.03. The van der Waals surface area contributed by atoms with Gasteiger partial charge in [-0.2, -0.15) is 0 Å². The summed E-state index contributed by atoms with van der Waals surface area (Å²) in [7, 11) is -3.76. The van der Waals surface area contributed by atoms with Crippen LogP contribution in [0.4, 0.5) is 10.1 Å². The predicted molar refractivity (Wildman–Crippen MR) is 85.6 cm³/mol. The van der Waals surface area contributed by atoms with E-state index in [2.05, 4.69) is 20.7 Å². The first-order valence-corrected chi connectivity index (χ1v) is 8.53. The van der Waals surface area contributed by atoms with E-state index in [0.29, 0.717) is 16.8 Å². The Labute approximate surface area is 132 Å². The van der Waals surface area contributed by atoms with Crippen molar-refractivity contribution in [2.75, 3.05) is 4.72 Å². The number of nitrogens with one attached hydrogen (secondary N) is 1. The quantitative estimate of drug-likeness (QED) is 0.873. The molecule has 6 heteroatoms. The van der Waals surface area contributed by atoms with Crippen LogP contribution in [0, 0.1) is 26.6 Å². The average molecular weight is 372 g/mol. The summed E-state index contributed by atoms with van der Waals surface area (Å²) < 4.78 is 41.7. The largest absolute Gasteiger partial charge is 0.280 e. The first-order chi connectivity index (χ1) is 9.69. The highest BCUT2D eigenvalue weighted by Crippen LogP contribution is 2.26. The van der Waals surface area contributed by atoms with Crippen molar-refractivity contribution in [3.63, 3.8) is 0 Å². The summed E-state index contributed by atoms with van der Waals surface area (Å²) >= 11 is 3.33. The SMILES string of the molecule is Cc1cc(Br)cc(NS(=O)(=O)c2c(C)cc(F)cc2C)c1. The zero-order valence-electron chi connectivity index (χ0n) is 11.9. The van der Waals surface area contributed by atoms with Gasteiger partial charge in [-0.3, -0.25) is 4.72 Å². The molecule has 0 bridgehead atoms. The van der Waals surface area contributed by atoms with Crippen molar-refractivity contribution in [3.05, 3.63) is 57.3 Å². The summed E-state index contributed by atoms with van der Waals surface area (Å²) in [6.07, 6.45) is 0. The van der Waals surface area contributed by atoms with Crippen LogP contribution in [-0.2, 0) is 10.0 Å². The van der Waals surface area contributed by atoms with Crippen molar-refractivity contribution < 1.29 is 12.8 Å². The normalized spacial score (nSPS) is 11.5. The van der Waals surface area contributed by atoms with E-state index in [-0.39, 0.29) is 4.90 Å². The van der Waals surface area contributed by atoms with Gasteiger partial charge in [0.25, 0.3) is 10.0 Å². The van der Waals surface area contributed by atoms with Gasteiger partial charge in [-0.05, 0) is 67.8 Å². The van der Waals surface area contributed by atoms with Crippen molar-refractivity contribution in [3.8, 4) is 0 Å². The number of benzene rings is 2. The Morgan fingerprint density at radius 3 is 2.10 bits per heavy atom. The molecule has 0 unspecified atom stereocenters. The molecule has 0 aromatic heterocycles. The molecule has 0 radical (unpaired) electrons. The summed E-state index contributed by atoms with van der Waals surface area (Å²) in [5, 5.41) is 0. The van der Waals surface area contributed by atoms with E-state index in [4.69, 9.17) is 0 Å². The second kappa shape index (κ2) is 5.77.